The summed E-state index contributed by atoms with van der Waals surface area (Å²) in [5.41, 5.74) is 2.06. The molecule has 2 rings (SSSR count). The van der Waals surface area contributed by atoms with Gasteiger partial charge in [0.1, 0.15) is 6.54 Å². The van der Waals surface area contributed by atoms with Crippen molar-refractivity contribution in [2.45, 2.75) is 12.6 Å². The Morgan fingerprint density at radius 3 is 2.54 bits per heavy atom. The van der Waals surface area contributed by atoms with Gasteiger partial charge in [-0.1, -0.05) is 12.1 Å². The van der Waals surface area contributed by atoms with Crippen LogP contribution in [0, 0.1) is 0 Å². The Morgan fingerprint density at radius 2 is 1.96 bits per heavy atom. The van der Waals surface area contributed by atoms with Crippen LogP contribution in [0.3, 0.4) is 0 Å². The highest BCUT2D eigenvalue weighted by Gasteiger charge is 2.31. The van der Waals surface area contributed by atoms with E-state index in [1.807, 2.05) is 36.5 Å². The fraction of sp³-hybridized carbons (Fsp3) is 0.389. The molecular formula is C18H23F3N6O. The highest BCUT2D eigenvalue weighted by atomic mass is 19.4. The molecule has 7 nitrogen and oxygen atoms in total. The molecule has 10 heteroatoms. The lowest BCUT2D eigenvalue weighted by Gasteiger charge is -2.20. The monoisotopic (exact) mass is 396 g/mol. The van der Waals surface area contributed by atoms with Crippen molar-refractivity contribution in [2.75, 3.05) is 33.7 Å². The predicted molar refractivity (Wildman–Crippen MR) is 100 cm³/mol. The molecular weight excluding hydrogens is 373 g/mol. The van der Waals surface area contributed by atoms with Crippen molar-refractivity contribution in [3.63, 3.8) is 0 Å². The van der Waals surface area contributed by atoms with Gasteiger partial charge >= 0.3 is 6.18 Å². The third-order valence-corrected chi connectivity index (χ3v) is 3.88. The first-order valence-electron chi connectivity index (χ1n) is 8.62. The average molecular weight is 396 g/mol. The summed E-state index contributed by atoms with van der Waals surface area (Å²) < 4.78 is 38.7. The van der Waals surface area contributed by atoms with Gasteiger partial charge in [-0.25, -0.2) is 4.68 Å². The second kappa shape index (κ2) is 9.77. The van der Waals surface area contributed by atoms with Crippen molar-refractivity contribution >= 4 is 11.9 Å². The van der Waals surface area contributed by atoms with Gasteiger partial charge in [-0.15, -0.1) is 0 Å². The summed E-state index contributed by atoms with van der Waals surface area (Å²) >= 11 is 0. The quantitative estimate of drug-likeness (QED) is 0.551. The van der Waals surface area contributed by atoms with Gasteiger partial charge in [0, 0.05) is 33.0 Å². The van der Waals surface area contributed by atoms with Crippen molar-refractivity contribution < 1.29 is 18.0 Å². The molecule has 2 N–H and O–H groups in total. The minimum Gasteiger partial charge on any atom is -0.356 e. The fourth-order valence-corrected chi connectivity index (χ4v) is 2.43. The van der Waals surface area contributed by atoms with Crippen LogP contribution in [0.15, 0.2) is 47.7 Å². The SMILES string of the molecule is CN=C(NCCc1ccc(-n2cccn2)cc1)NCC(=O)N(C)CC(F)(F)F. The van der Waals surface area contributed by atoms with Crippen molar-refractivity contribution in [1.29, 1.82) is 0 Å². The standard InChI is InChI=1S/C18H23F3N6O/c1-22-17(24-12-16(28)26(2)13-18(19,20)21)23-10-8-14-4-6-15(7-5-14)27-11-3-9-25-27/h3-7,9,11H,8,10,12-13H2,1-2H3,(H2,22,23,24). The van der Waals surface area contributed by atoms with Crippen LogP contribution in [0.25, 0.3) is 5.69 Å². The lowest BCUT2D eigenvalue weighted by atomic mass is 10.1. The number of aromatic nitrogens is 2. The van der Waals surface area contributed by atoms with E-state index in [0.29, 0.717) is 23.8 Å². The molecule has 28 heavy (non-hydrogen) atoms. The van der Waals surface area contributed by atoms with Gasteiger partial charge in [-0.2, -0.15) is 18.3 Å². The van der Waals surface area contributed by atoms with Crippen LogP contribution in [0.4, 0.5) is 13.2 Å². The van der Waals surface area contributed by atoms with E-state index in [1.165, 1.54) is 7.05 Å². The second-order valence-corrected chi connectivity index (χ2v) is 6.08. The summed E-state index contributed by atoms with van der Waals surface area (Å²) in [7, 11) is 2.64. The van der Waals surface area contributed by atoms with E-state index in [-0.39, 0.29) is 6.54 Å². The highest BCUT2D eigenvalue weighted by Crippen LogP contribution is 2.15. The number of hydrogen-bond donors (Lipinski definition) is 2. The third kappa shape index (κ3) is 6.93. The Balaban J connectivity index is 1.74. The molecule has 0 atom stereocenters. The van der Waals surface area contributed by atoms with E-state index in [2.05, 4.69) is 20.7 Å². The van der Waals surface area contributed by atoms with Crippen LogP contribution in [0.5, 0.6) is 0 Å². The van der Waals surface area contributed by atoms with Gasteiger partial charge in [-0.3, -0.25) is 9.79 Å². The molecule has 1 aromatic carbocycles. The summed E-state index contributed by atoms with van der Waals surface area (Å²) in [4.78, 5) is 16.3. The molecule has 1 heterocycles. The predicted octanol–water partition coefficient (Wildman–Crippen LogP) is 1.60. The van der Waals surface area contributed by atoms with Crippen molar-refractivity contribution in [1.82, 2.24) is 25.3 Å². The van der Waals surface area contributed by atoms with Gasteiger partial charge in [0.15, 0.2) is 5.96 Å². The van der Waals surface area contributed by atoms with Crippen LogP contribution in [-0.2, 0) is 11.2 Å². The summed E-state index contributed by atoms with van der Waals surface area (Å²) in [6, 6.07) is 9.76. The largest absolute Gasteiger partial charge is 0.406 e. The zero-order chi connectivity index (χ0) is 20.6. The van der Waals surface area contributed by atoms with Crippen LogP contribution < -0.4 is 10.6 Å². The zero-order valence-electron chi connectivity index (χ0n) is 15.7. The van der Waals surface area contributed by atoms with Crippen LogP contribution >= 0.6 is 0 Å². The summed E-state index contributed by atoms with van der Waals surface area (Å²) in [5.74, 6) is -0.323. The molecule has 0 aliphatic carbocycles. The minimum atomic E-state index is -4.42. The van der Waals surface area contributed by atoms with Gasteiger partial charge < -0.3 is 15.5 Å². The molecule has 1 aromatic heterocycles. The number of benzene rings is 1. The van der Waals surface area contributed by atoms with E-state index >= 15 is 0 Å². The lowest BCUT2D eigenvalue weighted by Crippen LogP contribution is -2.45. The maximum Gasteiger partial charge on any atom is 0.406 e. The van der Waals surface area contributed by atoms with E-state index in [9.17, 15) is 18.0 Å². The zero-order valence-corrected chi connectivity index (χ0v) is 15.7. The minimum absolute atomic E-state index is 0.273. The summed E-state index contributed by atoms with van der Waals surface area (Å²) in [6.07, 6.45) is -0.138. The van der Waals surface area contributed by atoms with E-state index in [4.69, 9.17) is 0 Å². The maximum atomic E-state index is 12.3. The number of rotatable bonds is 7. The van der Waals surface area contributed by atoms with Gasteiger partial charge in [0.25, 0.3) is 0 Å². The number of nitrogens with one attached hydrogen (secondary N) is 2. The number of guanidine groups is 1. The normalized spacial score (nSPS) is 12.0. The molecule has 0 fully saturated rings. The molecule has 0 spiro atoms. The number of carbonyl (C=O) groups is 1. The van der Waals surface area contributed by atoms with Gasteiger partial charge in [-0.05, 0) is 30.2 Å². The first-order valence-corrected chi connectivity index (χ1v) is 8.62. The Hall–Kier alpha value is -3.04. The number of nitrogens with zero attached hydrogens (tertiary/aromatic N) is 4. The Kier molecular flexibility index (Phi) is 7.42. The van der Waals surface area contributed by atoms with Gasteiger partial charge in [0.2, 0.25) is 5.91 Å². The molecule has 0 saturated carbocycles. The molecule has 0 saturated heterocycles. The molecule has 0 unspecified atom stereocenters. The smallest absolute Gasteiger partial charge is 0.356 e. The highest BCUT2D eigenvalue weighted by molar-refractivity contribution is 5.86. The van der Waals surface area contributed by atoms with Crippen LogP contribution in [0.1, 0.15) is 5.56 Å². The summed E-state index contributed by atoms with van der Waals surface area (Å²) in [5, 5.41) is 9.92. The Bertz CT molecular complexity index is 772. The molecule has 1 amide bonds. The third-order valence-electron chi connectivity index (χ3n) is 3.88. The number of aliphatic imine (C=N–C) groups is 1. The number of halogens is 3. The number of likely N-dealkylation sites (N-methyl/N-ethyl adjacent to an activating group) is 1. The maximum absolute atomic E-state index is 12.3. The Labute approximate surface area is 161 Å². The number of carbonyl (C=O) groups excluding carboxylic acids is 1. The summed E-state index contributed by atoms with van der Waals surface area (Å²) in [6.45, 7) is -1.01. The first kappa shape index (κ1) is 21.3. The molecule has 2 aromatic rings. The fourth-order valence-electron chi connectivity index (χ4n) is 2.43. The van der Waals surface area contributed by atoms with Crippen molar-refractivity contribution in [3.8, 4) is 5.69 Å². The Morgan fingerprint density at radius 1 is 1.25 bits per heavy atom. The molecule has 0 bridgehead atoms. The van der Waals surface area contributed by atoms with E-state index in [0.717, 1.165) is 18.3 Å². The van der Waals surface area contributed by atoms with Crippen molar-refractivity contribution in [3.05, 3.63) is 48.3 Å². The molecule has 0 aliphatic heterocycles. The first-order chi connectivity index (χ1) is 13.3. The van der Waals surface area contributed by atoms with Crippen LogP contribution in [-0.4, -0.2) is 66.5 Å². The van der Waals surface area contributed by atoms with Gasteiger partial charge in [0.05, 0.1) is 12.2 Å². The number of alkyl halides is 3. The van der Waals surface area contributed by atoms with Crippen molar-refractivity contribution in [2.24, 2.45) is 4.99 Å². The number of amides is 1. The number of hydrogen-bond acceptors (Lipinski definition) is 3. The lowest BCUT2D eigenvalue weighted by molar-refractivity contribution is -0.157. The van der Waals surface area contributed by atoms with E-state index in [1.54, 1.807) is 10.9 Å². The topological polar surface area (TPSA) is 74.5 Å². The molecule has 152 valence electrons. The molecule has 0 radical (unpaired) electrons. The van der Waals surface area contributed by atoms with Crippen LogP contribution in [0.2, 0.25) is 0 Å². The second-order valence-electron chi connectivity index (χ2n) is 6.08. The average Bonchev–Trinajstić information content (AvgIpc) is 3.18. The van der Waals surface area contributed by atoms with E-state index < -0.39 is 18.6 Å². The molecule has 0 aliphatic rings.